The van der Waals surface area contributed by atoms with Gasteiger partial charge in [-0.3, -0.25) is 14.6 Å². The van der Waals surface area contributed by atoms with Crippen molar-refractivity contribution in [2.45, 2.75) is 58.3 Å². The fourth-order valence-corrected chi connectivity index (χ4v) is 3.20. The second-order valence-corrected chi connectivity index (χ2v) is 7.49. The quantitative estimate of drug-likeness (QED) is 0.546. The average Bonchev–Trinajstić information content (AvgIpc) is 2.61. The van der Waals surface area contributed by atoms with Crippen LogP contribution in [-0.2, 0) is 22.4 Å². The molecule has 0 aromatic carbocycles. The third-order valence-electron chi connectivity index (χ3n) is 5.20. The highest BCUT2D eigenvalue weighted by Crippen LogP contribution is 2.17. The highest BCUT2D eigenvalue weighted by Gasteiger charge is 2.30. The maximum absolute atomic E-state index is 13.0. The van der Waals surface area contributed by atoms with Gasteiger partial charge < -0.3 is 9.80 Å². The number of aryl methyl sites for hydroxylation is 2. The Bertz CT molecular complexity index is 657. The predicted octanol–water partition coefficient (Wildman–Crippen LogP) is 3.12. The molecule has 0 saturated carbocycles. The second kappa shape index (κ2) is 10.6. The van der Waals surface area contributed by atoms with Crippen molar-refractivity contribution < 1.29 is 18.4 Å². The van der Waals surface area contributed by atoms with E-state index in [1.807, 2.05) is 17.9 Å². The molecule has 1 amide bonds. The molecular weight excluding hydrogens is 364 g/mol. The molecular formula is C21H31F2N3O2. The lowest BCUT2D eigenvalue weighted by atomic mass is 10.0. The summed E-state index contributed by atoms with van der Waals surface area (Å²) in [5.74, 6) is -4.17. The molecule has 0 atom stereocenters. The second-order valence-electron chi connectivity index (χ2n) is 7.49. The van der Waals surface area contributed by atoms with E-state index in [9.17, 15) is 18.4 Å². The number of hydrogen-bond donors (Lipinski definition) is 0. The normalized spacial score (nSPS) is 14.6. The summed E-state index contributed by atoms with van der Waals surface area (Å²) < 4.78 is 25.9. The number of carbonyl (C=O) groups is 2. The third-order valence-corrected chi connectivity index (χ3v) is 5.20. The Morgan fingerprint density at radius 1 is 1.25 bits per heavy atom. The maximum atomic E-state index is 13.0. The van der Waals surface area contributed by atoms with Crippen molar-refractivity contribution in [2.75, 3.05) is 32.7 Å². The van der Waals surface area contributed by atoms with Gasteiger partial charge in [-0.1, -0.05) is 0 Å². The molecule has 1 aliphatic heterocycles. The molecule has 7 heteroatoms. The van der Waals surface area contributed by atoms with Crippen molar-refractivity contribution in [2.24, 2.45) is 0 Å². The van der Waals surface area contributed by atoms with Crippen LogP contribution in [0.3, 0.4) is 0 Å². The number of ketones is 1. The molecule has 2 heterocycles. The van der Waals surface area contributed by atoms with E-state index in [4.69, 9.17) is 0 Å². The van der Waals surface area contributed by atoms with Crippen LogP contribution in [0.4, 0.5) is 8.78 Å². The largest absolute Gasteiger partial charge is 0.342 e. The zero-order valence-electron chi connectivity index (χ0n) is 16.9. The van der Waals surface area contributed by atoms with Crippen molar-refractivity contribution in [3.63, 3.8) is 0 Å². The summed E-state index contributed by atoms with van der Waals surface area (Å²) in [5, 5.41) is 0. The third kappa shape index (κ3) is 7.26. The van der Waals surface area contributed by atoms with Gasteiger partial charge in [0, 0.05) is 51.3 Å². The fourth-order valence-electron chi connectivity index (χ4n) is 3.20. The number of Topliss-reactive ketones (excluding diaryl/α,β-unsaturated/α-hetero) is 1. The van der Waals surface area contributed by atoms with E-state index in [1.54, 1.807) is 12.3 Å². The van der Waals surface area contributed by atoms with Gasteiger partial charge in [-0.25, -0.2) is 0 Å². The standard InChI is InChI=1S/C21H31F2N3O2/c1-3-26(15-14-25-12-5-13-25)20(28)7-4-6-18-16-17(10-11-24-18)8-9-19(27)21(2,22)23/h10-11,16H,3-9,12-15H2,1-2H3. The van der Waals surface area contributed by atoms with Gasteiger partial charge in [0.05, 0.1) is 0 Å². The number of likely N-dealkylation sites (N-methyl/N-ethyl adjacent to an activating group) is 1. The van der Waals surface area contributed by atoms with Gasteiger partial charge >= 0.3 is 5.92 Å². The molecule has 1 aromatic rings. The number of nitrogens with zero attached hydrogens (tertiary/aromatic N) is 3. The number of halogens is 2. The molecule has 1 fully saturated rings. The van der Waals surface area contributed by atoms with Gasteiger partial charge in [0.2, 0.25) is 11.7 Å². The Labute approximate surface area is 166 Å². The zero-order valence-corrected chi connectivity index (χ0v) is 16.9. The van der Waals surface area contributed by atoms with Crippen LogP contribution in [0.2, 0.25) is 0 Å². The molecule has 0 bridgehead atoms. The number of carbonyl (C=O) groups excluding carboxylic acids is 2. The number of amides is 1. The molecule has 5 nitrogen and oxygen atoms in total. The predicted molar refractivity (Wildman–Crippen MR) is 104 cm³/mol. The van der Waals surface area contributed by atoms with Crippen LogP contribution in [0.15, 0.2) is 18.3 Å². The van der Waals surface area contributed by atoms with Crippen molar-refractivity contribution in [3.05, 3.63) is 29.6 Å². The van der Waals surface area contributed by atoms with Crippen LogP contribution in [0.25, 0.3) is 0 Å². The first-order valence-corrected chi connectivity index (χ1v) is 10.1. The summed E-state index contributed by atoms with van der Waals surface area (Å²) in [6.07, 6.45) is 4.79. The summed E-state index contributed by atoms with van der Waals surface area (Å²) in [6.45, 7) is 7.34. The van der Waals surface area contributed by atoms with E-state index in [0.717, 1.165) is 44.0 Å². The minimum atomic E-state index is -3.28. The zero-order chi connectivity index (χ0) is 20.6. The topological polar surface area (TPSA) is 53.5 Å². The molecule has 156 valence electrons. The molecule has 0 radical (unpaired) electrons. The maximum Gasteiger partial charge on any atom is 0.302 e. The molecule has 28 heavy (non-hydrogen) atoms. The Morgan fingerprint density at radius 2 is 2.00 bits per heavy atom. The van der Waals surface area contributed by atoms with E-state index in [2.05, 4.69) is 9.88 Å². The molecule has 2 rings (SSSR count). The molecule has 0 unspecified atom stereocenters. The minimum Gasteiger partial charge on any atom is -0.342 e. The van der Waals surface area contributed by atoms with Crippen molar-refractivity contribution >= 4 is 11.7 Å². The Balaban J connectivity index is 1.74. The van der Waals surface area contributed by atoms with Gasteiger partial charge in [0.15, 0.2) is 0 Å². The molecule has 1 saturated heterocycles. The van der Waals surface area contributed by atoms with E-state index in [-0.39, 0.29) is 18.7 Å². The van der Waals surface area contributed by atoms with Crippen LogP contribution < -0.4 is 0 Å². The van der Waals surface area contributed by atoms with Gasteiger partial charge in [-0.05, 0) is 63.4 Å². The summed E-state index contributed by atoms with van der Waals surface area (Å²) in [6, 6.07) is 3.58. The van der Waals surface area contributed by atoms with Crippen LogP contribution in [0, 0.1) is 0 Å². The number of hydrogen-bond acceptors (Lipinski definition) is 4. The Hall–Kier alpha value is -1.89. The molecule has 1 aliphatic rings. The van der Waals surface area contributed by atoms with Crippen LogP contribution >= 0.6 is 0 Å². The summed E-state index contributed by atoms with van der Waals surface area (Å²) in [4.78, 5) is 32.3. The highest BCUT2D eigenvalue weighted by molar-refractivity contribution is 5.85. The van der Waals surface area contributed by atoms with Crippen molar-refractivity contribution in [3.8, 4) is 0 Å². The van der Waals surface area contributed by atoms with E-state index < -0.39 is 11.7 Å². The summed E-state index contributed by atoms with van der Waals surface area (Å²) in [7, 11) is 0. The first-order chi connectivity index (χ1) is 13.3. The summed E-state index contributed by atoms with van der Waals surface area (Å²) in [5.41, 5.74) is 1.64. The highest BCUT2D eigenvalue weighted by atomic mass is 19.3. The first-order valence-electron chi connectivity index (χ1n) is 10.1. The lowest BCUT2D eigenvalue weighted by molar-refractivity contribution is -0.140. The number of likely N-dealkylation sites (tertiary alicyclic amines) is 1. The monoisotopic (exact) mass is 395 g/mol. The lowest BCUT2D eigenvalue weighted by Crippen LogP contribution is -2.44. The first kappa shape index (κ1) is 22.4. The summed E-state index contributed by atoms with van der Waals surface area (Å²) >= 11 is 0. The van der Waals surface area contributed by atoms with Gasteiger partial charge in [-0.15, -0.1) is 0 Å². The Morgan fingerprint density at radius 3 is 2.61 bits per heavy atom. The molecule has 0 N–H and O–H groups in total. The molecule has 0 aliphatic carbocycles. The SMILES string of the molecule is CCN(CCN1CCC1)C(=O)CCCc1cc(CCC(=O)C(C)(F)F)ccn1. The van der Waals surface area contributed by atoms with Crippen LogP contribution in [-0.4, -0.2) is 65.1 Å². The van der Waals surface area contributed by atoms with Gasteiger partial charge in [0.25, 0.3) is 0 Å². The van der Waals surface area contributed by atoms with E-state index in [0.29, 0.717) is 26.2 Å². The van der Waals surface area contributed by atoms with Crippen molar-refractivity contribution in [1.82, 2.24) is 14.8 Å². The van der Waals surface area contributed by atoms with E-state index in [1.165, 1.54) is 6.42 Å². The molecule has 0 spiro atoms. The minimum absolute atomic E-state index is 0.162. The van der Waals surface area contributed by atoms with Gasteiger partial charge in [0.1, 0.15) is 0 Å². The van der Waals surface area contributed by atoms with Gasteiger partial charge in [-0.2, -0.15) is 8.78 Å². The van der Waals surface area contributed by atoms with Crippen molar-refractivity contribution in [1.29, 1.82) is 0 Å². The van der Waals surface area contributed by atoms with Crippen LogP contribution in [0.1, 0.15) is 50.8 Å². The number of alkyl halides is 2. The fraction of sp³-hybridized carbons (Fsp3) is 0.667. The number of aromatic nitrogens is 1. The average molecular weight is 395 g/mol. The smallest absolute Gasteiger partial charge is 0.302 e. The lowest BCUT2D eigenvalue weighted by Gasteiger charge is -2.33. The van der Waals surface area contributed by atoms with Crippen LogP contribution in [0.5, 0.6) is 0 Å². The Kier molecular flexibility index (Phi) is 8.48. The molecule has 1 aromatic heterocycles. The number of pyridine rings is 1. The van der Waals surface area contributed by atoms with E-state index >= 15 is 0 Å². The number of rotatable bonds is 12.